The molecule has 0 aliphatic heterocycles. The van der Waals surface area contributed by atoms with Crippen LogP contribution in [-0.4, -0.2) is 32.7 Å². The van der Waals surface area contributed by atoms with E-state index in [0.717, 1.165) is 42.5 Å². The molecule has 0 fully saturated rings. The van der Waals surface area contributed by atoms with Crippen LogP contribution in [-0.2, 0) is 22.4 Å². The number of ether oxygens (including phenoxy) is 1. The monoisotopic (exact) mass is 435 g/mol. The zero-order valence-electron chi connectivity index (χ0n) is 17.0. The highest BCUT2D eigenvalue weighted by Crippen LogP contribution is 2.37. The molecule has 0 bridgehead atoms. The molecule has 0 saturated carbocycles. The number of carbonyl (C=O) groups is 2. The van der Waals surface area contributed by atoms with Crippen molar-refractivity contribution >= 4 is 28.2 Å². The second-order valence-corrected chi connectivity index (χ2v) is 8.38. The van der Waals surface area contributed by atoms with Gasteiger partial charge in [-0.05, 0) is 56.4 Å². The Labute approximate surface area is 183 Å². The maximum absolute atomic E-state index is 12.6. The number of fused-ring (bicyclic) bond motifs is 1. The first-order chi connectivity index (χ1) is 15.1. The maximum atomic E-state index is 12.6. The molecule has 1 unspecified atom stereocenters. The molecule has 0 radical (unpaired) electrons. The summed E-state index contributed by atoms with van der Waals surface area (Å²) in [6, 6.07) is 7.22. The average Bonchev–Trinajstić information content (AvgIpc) is 3.36. The number of nitrogens with zero attached hydrogens (tertiary/aromatic N) is 4. The smallest absolute Gasteiger partial charge is 0.340 e. The lowest BCUT2D eigenvalue weighted by molar-refractivity contribution is -0.123. The molecule has 3 aromatic heterocycles. The first-order valence-electron chi connectivity index (χ1n) is 10.1. The Morgan fingerprint density at radius 3 is 2.84 bits per heavy atom. The van der Waals surface area contributed by atoms with Crippen molar-refractivity contribution in [3.63, 3.8) is 0 Å². The number of hydrogen-bond donors (Lipinski definition) is 1. The molecule has 158 valence electrons. The van der Waals surface area contributed by atoms with Crippen LogP contribution in [0.2, 0.25) is 0 Å². The maximum Gasteiger partial charge on any atom is 0.340 e. The molecule has 1 N–H and O–H groups in total. The van der Waals surface area contributed by atoms with E-state index >= 15 is 0 Å². The van der Waals surface area contributed by atoms with Crippen LogP contribution in [0, 0.1) is 11.3 Å². The highest BCUT2D eigenvalue weighted by molar-refractivity contribution is 7.16. The fraction of sp³-hybridized carbons (Fsp3) is 0.318. The van der Waals surface area contributed by atoms with E-state index in [9.17, 15) is 14.9 Å². The summed E-state index contributed by atoms with van der Waals surface area (Å²) in [6.07, 6.45) is 8.81. The minimum atomic E-state index is -1.02. The van der Waals surface area contributed by atoms with Gasteiger partial charge in [0, 0.05) is 23.5 Å². The van der Waals surface area contributed by atoms with Gasteiger partial charge >= 0.3 is 5.97 Å². The Bertz CT molecular complexity index is 1130. The number of thiophene rings is 1. The van der Waals surface area contributed by atoms with Crippen LogP contribution >= 0.6 is 11.3 Å². The number of aromatic nitrogens is 3. The van der Waals surface area contributed by atoms with Gasteiger partial charge in [0.1, 0.15) is 11.1 Å². The van der Waals surface area contributed by atoms with Crippen molar-refractivity contribution in [3.8, 4) is 11.9 Å². The molecule has 4 rings (SSSR count). The van der Waals surface area contributed by atoms with E-state index in [1.54, 1.807) is 35.3 Å². The third kappa shape index (κ3) is 4.49. The fourth-order valence-electron chi connectivity index (χ4n) is 3.49. The predicted molar refractivity (Wildman–Crippen MR) is 115 cm³/mol. The minimum Gasteiger partial charge on any atom is -0.449 e. The number of pyridine rings is 1. The van der Waals surface area contributed by atoms with Crippen LogP contribution in [0.1, 0.15) is 52.5 Å². The van der Waals surface area contributed by atoms with Gasteiger partial charge in [0.05, 0.1) is 11.1 Å². The molecule has 8 nitrogen and oxygen atoms in total. The standard InChI is InChI=1S/C22H21N5O3S/c1-14(30-22(29)15-8-9-19(24-13-15)27-11-5-10-25-27)20(28)26-21-17(12-23)16-6-3-2-4-7-18(16)31-21/h5,8-11,13-14H,2-4,6-7H2,1H3,(H,26,28). The Morgan fingerprint density at radius 1 is 1.29 bits per heavy atom. The van der Waals surface area contributed by atoms with Crippen LogP contribution in [0.25, 0.3) is 5.82 Å². The summed E-state index contributed by atoms with van der Waals surface area (Å²) in [5, 5.41) is 17.0. The van der Waals surface area contributed by atoms with E-state index in [2.05, 4.69) is 21.5 Å². The average molecular weight is 436 g/mol. The van der Waals surface area contributed by atoms with Crippen LogP contribution in [0.5, 0.6) is 0 Å². The molecule has 1 aliphatic carbocycles. The van der Waals surface area contributed by atoms with Crippen molar-refractivity contribution < 1.29 is 14.3 Å². The number of hydrogen-bond acceptors (Lipinski definition) is 7. The van der Waals surface area contributed by atoms with Crippen LogP contribution < -0.4 is 5.32 Å². The molecule has 31 heavy (non-hydrogen) atoms. The Morgan fingerprint density at radius 2 is 2.13 bits per heavy atom. The van der Waals surface area contributed by atoms with E-state index in [0.29, 0.717) is 16.4 Å². The van der Waals surface area contributed by atoms with Crippen molar-refractivity contribution in [2.45, 2.75) is 45.1 Å². The topological polar surface area (TPSA) is 110 Å². The van der Waals surface area contributed by atoms with Crippen molar-refractivity contribution in [1.29, 1.82) is 5.26 Å². The summed E-state index contributed by atoms with van der Waals surface area (Å²) in [5.74, 6) is -0.555. The first kappa shape index (κ1) is 20.8. The Balaban J connectivity index is 1.41. The number of nitrogens with one attached hydrogen (secondary N) is 1. The minimum absolute atomic E-state index is 0.233. The van der Waals surface area contributed by atoms with Crippen LogP contribution in [0.3, 0.4) is 0 Å². The van der Waals surface area contributed by atoms with Gasteiger partial charge in [-0.15, -0.1) is 11.3 Å². The molecule has 9 heteroatoms. The van der Waals surface area contributed by atoms with Gasteiger partial charge in [-0.2, -0.15) is 10.4 Å². The van der Waals surface area contributed by atoms with E-state index in [1.165, 1.54) is 24.5 Å². The van der Waals surface area contributed by atoms with Crippen LogP contribution in [0.15, 0.2) is 36.8 Å². The SMILES string of the molecule is CC(OC(=O)c1ccc(-n2cccn2)nc1)C(=O)Nc1sc2c(c1C#N)CCCCC2. The lowest BCUT2D eigenvalue weighted by Gasteiger charge is -2.13. The molecule has 0 aromatic carbocycles. The van der Waals surface area contributed by atoms with E-state index < -0.39 is 18.0 Å². The van der Waals surface area contributed by atoms with Crippen molar-refractivity contribution in [2.24, 2.45) is 0 Å². The summed E-state index contributed by atoms with van der Waals surface area (Å²) in [7, 11) is 0. The highest BCUT2D eigenvalue weighted by atomic mass is 32.1. The molecule has 3 aromatic rings. The lowest BCUT2D eigenvalue weighted by atomic mass is 10.1. The quantitative estimate of drug-likeness (QED) is 0.484. The predicted octanol–water partition coefficient (Wildman–Crippen LogP) is 3.65. The summed E-state index contributed by atoms with van der Waals surface area (Å²) >= 11 is 1.45. The number of nitriles is 1. The summed E-state index contributed by atoms with van der Waals surface area (Å²) in [4.78, 5) is 30.4. The van der Waals surface area contributed by atoms with Crippen molar-refractivity contribution in [3.05, 3.63) is 58.4 Å². The van der Waals surface area contributed by atoms with Gasteiger partial charge in [0.25, 0.3) is 5.91 Å². The molecular weight excluding hydrogens is 414 g/mol. The summed E-state index contributed by atoms with van der Waals surface area (Å²) in [6.45, 7) is 1.50. The Hall–Kier alpha value is -3.51. The number of amides is 1. The number of rotatable bonds is 5. The van der Waals surface area contributed by atoms with Crippen molar-refractivity contribution in [2.75, 3.05) is 5.32 Å². The van der Waals surface area contributed by atoms with Gasteiger partial charge in [-0.25, -0.2) is 14.5 Å². The van der Waals surface area contributed by atoms with Gasteiger partial charge in [0.2, 0.25) is 0 Å². The molecule has 1 aliphatic rings. The number of esters is 1. The highest BCUT2D eigenvalue weighted by Gasteiger charge is 2.24. The second kappa shape index (κ2) is 9.10. The second-order valence-electron chi connectivity index (χ2n) is 7.27. The van der Waals surface area contributed by atoms with Gasteiger partial charge < -0.3 is 10.1 Å². The van der Waals surface area contributed by atoms with Gasteiger partial charge in [-0.1, -0.05) is 6.42 Å². The van der Waals surface area contributed by atoms with Crippen LogP contribution in [0.4, 0.5) is 5.00 Å². The van der Waals surface area contributed by atoms with E-state index in [4.69, 9.17) is 4.74 Å². The summed E-state index contributed by atoms with van der Waals surface area (Å²) < 4.78 is 6.87. The largest absolute Gasteiger partial charge is 0.449 e. The number of anilines is 1. The lowest BCUT2D eigenvalue weighted by Crippen LogP contribution is -2.30. The van der Waals surface area contributed by atoms with Gasteiger partial charge in [-0.3, -0.25) is 4.79 Å². The third-order valence-electron chi connectivity index (χ3n) is 5.15. The van der Waals surface area contributed by atoms with E-state index in [1.807, 2.05) is 0 Å². The third-order valence-corrected chi connectivity index (χ3v) is 6.35. The fourth-order valence-corrected chi connectivity index (χ4v) is 4.73. The zero-order chi connectivity index (χ0) is 21.8. The number of aryl methyl sites for hydroxylation is 1. The van der Waals surface area contributed by atoms with Gasteiger partial charge in [0.15, 0.2) is 11.9 Å². The zero-order valence-corrected chi connectivity index (χ0v) is 17.8. The Kier molecular flexibility index (Phi) is 6.09. The molecule has 0 saturated heterocycles. The normalized spacial score (nSPS) is 14.1. The van der Waals surface area contributed by atoms with Crippen molar-refractivity contribution in [1.82, 2.24) is 14.8 Å². The summed E-state index contributed by atoms with van der Waals surface area (Å²) in [5.41, 5.74) is 1.82. The number of carbonyl (C=O) groups excluding carboxylic acids is 2. The van der Waals surface area contributed by atoms with E-state index in [-0.39, 0.29) is 5.56 Å². The molecule has 1 amide bonds. The molecular formula is C22H21N5O3S. The molecule has 3 heterocycles. The molecule has 0 spiro atoms. The molecule has 1 atom stereocenters. The first-order valence-corrected chi connectivity index (χ1v) is 10.9.